The lowest BCUT2D eigenvalue weighted by atomic mass is 10.2. The fourth-order valence-electron chi connectivity index (χ4n) is 3.84. The third kappa shape index (κ3) is 4.59. The van der Waals surface area contributed by atoms with E-state index in [0.29, 0.717) is 45.6 Å². The molecule has 0 bridgehead atoms. The van der Waals surface area contributed by atoms with Crippen molar-refractivity contribution in [1.82, 2.24) is 19.3 Å². The molecule has 1 N–H and O–H groups in total. The van der Waals surface area contributed by atoms with Crippen molar-refractivity contribution >= 4 is 34.4 Å². The van der Waals surface area contributed by atoms with Crippen LogP contribution in [0.4, 0.5) is 10.1 Å². The second kappa shape index (κ2) is 9.41. The Labute approximate surface area is 203 Å². The molecule has 0 radical (unpaired) electrons. The van der Waals surface area contributed by atoms with Crippen LogP contribution in [0, 0.1) is 12.7 Å². The van der Waals surface area contributed by atoms with Gasteiger partial charge in [-0.25, -0.2) is 9.37 Å². The third-order valence-corrected chi connectivity index (χ3v) is 6.50. The summed E-state index contributed by atoms with van der Waals surface area (Å²) in [7, 11) is 0. The molecule has 0 aliphatic carbocycles. The number of amides is 1. The van der Waals surface area contributed by atoms with E-state index in [2.05, 4.69) is 10.4 Å². The van der Waals surface area contributed by atoms with Gasteiger partial charge in [-0.2, -0.15) is 5.10 Å². The van der Waals surface area contributed by atoms with Gasteiger partial charge in [-0.1, -0.05) is 23.9 Å². The molecule has 9 nitrogen and oxygen atoms in total. The summed E-state index contributed by atoms with van der Waals surface area (Å²) in [5.74, 6) is 0.597. The standard InChI is InChI=1S/C24H22FN5O4S/c1-3-30-22-21(14(2)28-30)27-24(29(23(22)32)11-15-4-6-16(25)7-5-15)35-12-20(31)26-17-8-9-18-19(10-17)34-13-33-18/h4-10H,3,11-13H2,1-2H3,(H,26,31). The highest BCUT2D eigenvalue weighted by Crippen LogP contribution is 2.34. The molecule has 0 saturated carbocycles. The van der Waals surface area contributed by atoms with Crippen molar-refractivity contribution in [3.05, 3.63) is 69.9 Å². The minimum absolute atomic E-state index is 0.0246. The maximum absolute atomic E-state index is 13.5. The average molecular weight is 496 g/mol. The van der Waals surface area contributed by atoms with Gasteiger partial charge in [0.05, 0.1) is 18.0 Å². The molecule has 0 spiro atoms. The lowest BCUT2D eigenvalue weighted by Gasteiger charge is -2.13. The molecule has 0 fully saturated rings. The van der Waals surface area contributed by atoms with Crippen molar-refractivity contribution in [3.8, 4) is 11.5 Å². The Balaban J connectivity index is 1.43. The van der Waals surface area contributed by atoms with Crippen LogP contribution < -0.4 is 20.3 Å². The average Bonchev–Trinajstić information content (AvgIpc) is 3.44. The van der Waals surface area contributed by atoms with Crippen LogP contribution in [0.2, 0.25) is 0 Å². The molecule has 0 atom stereocenters. The lowest BCUT2D eigenvalue weighted by molar-refractivity contribution is -0.113. The Kier molecular flexibility index (Phi) is 6.16. The number of carbonyl (C=O) groups excluding carboxylic acids is 1. The number of anilines is 1. The Morgan fingerprint density at radius 2 is 1.94 bits per heavy atom. The van der Waals surface area contributed by atoms with E-state index in [9.17, 15) is 14.0 Å². The maximum atomic E-state index is 13.5. The Hall–Kier alpha value is -3.86. The number of nitrogens with zero attached hydrogens (tertiary/aromatic N) is 4. The zero-order valence-corrected chi connectivity index (χ0v) is 19.9. The first-order chi connectivity index (χ1) is 16.9. The monoisotopic (exact) mass is 495 g/mol. The predicted molar refractivity (Wildman–Crippen MR) is 130 cm³/mol. The maximum Gasteiger partial charge on any atom is 0.280 e. The Morgan fingerprint density at radius 3 is 2.71 bits per heavy atom. The van der Waals surface area contributed by atoms with E-state index in [1.54, 1.807) is 41.9 Å². The Bertz CT molecular complexity index is 1480. The van der Waals surface area contributed by atoms with Gasteiger partial charge < -0.3 is 14.8 Å². The molecule has 0 saturated heterocycles. The van der Waals surface area contributed by atoms with Crippen molar-refractivity contribution in [2.45, 2.75) is 32.1 Å². The van der Waals surface area contributed by atoms with Crippen molar-refractivity contribution < 1.29 is 18.7 Å². The number of ether oxygens (including phenoxy) is 2. The lowest BCUT2D eigenvalue weighted by Crippen LogP contribution is -2.26. The topological polar surface area (TPSA) is 100 Å². The van der Waals surface area contributed by atoms with Crippen LogP contribution in [0.1, 0.15) is 18.2 Å². The summed E-state index contributed by atoms with van der Waals surface area (Å²) >= 11 is 1.15. The first kappa shape index (κ1) is 22.9. The molecule has 11 heteroatoms. The van der Waals surface area contributed by atoms with Crippen LogP contribution >= 0.6 is 11.8 Å². The van der Waals surface area contributed by atoms with E-state index in [0.717, 1.165) is 17.3 Å². The summed E-state index contributed by atoms with van der Waals surface area (Å²) in [4.78, 5) is 30.9. The van der Waals surface area contributed by atoms with E-state index >= 15 is 0 Å². The van der Waals surface area contributed by atoms with E-state index in [-0.39, 0.29) is 36.4 Å². The number of nitrogens with one attached hydrogen (secondary N) is 1. The first-order valence-corrected chi connectivity index (χ1v) is 12.0. The first-order valence-electron chi connectivity index (χ1n) is 11.0. The number of rotatable bonds is 7. The highest BCUT2D eigenvalue weighted by molar-refractivity contribution is 7.99. The minimum Gasteiger partial charge on any atom is -0.454 e. The SMILES string of the molecule is CCn1nc(C)c2nc(SCC(=O)Nc3ccc4c(c3)OCO4)n(Cc3ccc(F)cc3)c(=O)c21. The number of carbonyl (C=O) groups is 1. The molecule has 1 aliphatic heterocycles. The summed E-state index contributed by atoms with van der Waals surface area (Å²) in [6.45, 7) is 4.55. The van der Waals surface area contributed by atoms with Gasteiger partial charge >= 0.3 is 0 Å². The van der Waals surface area contributed by atoms with Gasteiger partial charge in [0.1, 0.15) is 11.3 Å². The normalized spacial score (nSPS) is 12.3. The molecular weight excluding hydrogens is 473 g/mol. The van der Waals surface area contributed by atoms with Crippen molar-refractivity contribution in [1.29, 1.82) is 0 Å². The van der Waals surface area contributed by atoms with Gasteiger partial charge in [-0.05, 0) is 43.7 Å². The molecule has 1 aliphatic rings. The zero-order chi connectivity index (χ0) is 24.5. The fourth-order valence-corrected chi connectivity index (χ4v) is 4.63. The van der Waals surface area contributed by atoms with Gasteiger partial charge in [-0.3, -0.25) is 18.8 Å². The van der Waals surface area contributed by atoms with Gasteiger partial charge in [0.2, 0.25) is 12.7 Å². The predicted octanol–water partition coefficient (Wildman–Crippen LogP) is 3.57. The van der Waals surface area contributed by atoms with E-state index in [1.807, 2.05) is 6.92 Å². The van der Waals surface area contributed by atoms with Crippen molar-refractivity contribution in [2.24, 2.45) is 0 Å². The highest BCUT2D eigenvalue weighted by Gasteiger charge is 2.20. The third-order valence-electron chi connectivity index (χ3n) is 5.52. The number of aryl methyl sites for hydroxylation is 2. The van der Waals surface area contributed by atoms with Crippen LogP contribution in [0.25, 0.3) is 11.0 Å². The molecule has 35 heavy (non-hydrogen) atoms. The van der Waals surface area contributed by atoms with Gasteiger partial charge in [-0.15, -0.1) is 0 Å². The molecule has 180 valence electrons. The number of hydrogen-bond donors (Lipinski definition) is 1. The minimum atomic E-state index is -0.357. The van der Waals surface area contributed by atoms with Crippen LogP contribution in [-0.4, -0.2) is 37.8 Å². The number of hydrogen-bond acceptors (Lipinski definition) is 7. The summed E-state index contributed by atoms with van der Waals surface area (Å²) in [6.07, 6.45) is 0. The molecular formula is C24H22FN5O4S. The summed E-state index contributed by atoms with van der Waals surface area (Å²) < 4.78 is 27.2. The Morgan fingerprint density at radius 1 is 1.17 bits per heavy atom. The second-order valence-electron chi connectivity index (χ2n) is 7.92. The van der Waals surface area contributed by atoms with Gasteiger partial charge in [0.25, 0.3) is 5.56 Å². The number of halogens is 1. The molecule has 1 amide bonds. The van der Waals surface area contributed by atoms with E-state index in [4.69, 9.17) is 14.5 Å². The number of aromatic nitrogens is 4. The number of benzene rings is 2. The summed E-state index contributed by atoms with van der Waals surface area (Å²) in [6, 6.07) is 11.1. The highest BCUT2D eigenvalue weighted by atomic mass is 32.2. The van der Waals surface area contributed by atoms with Gasteiger partial charge in [0.15, 0.2) is 22.2 Å². The number of thioether (sulfide) groups is 1. The van der Waals surface area contributed by atoms with E-state index in [1.165, 1.54) is 16.7 Å². The number of fused-ring (bicyclic) bond motifs is 2. The molecule has 5 rings (SSSR count). The van der Waals surface area contributed by atoms with Crippen LogP contribution in [0.3, 0.4) is 0 Å². The van der Waals surface area contributed by atoms with Crippen molar-refractivity contribution in [2.75, 3.05) is 17.9 Å². The van der Waals surface area contributed by atoms with Gasteiger partial charge in [0, 0.05) is 18.3 Å². The van der Waals surface area contributed by atoms with Crippen LogP contribution in [0.5, 0.6) is 11.5 Å². The smallest absolute Gasteiger partial charge is 0.280 e. The quantitative estimate of drug-likeness (QED) is 0.309. The van der Waals surface area contributed by atoms with Crippen LogP contribution in [0.15, 0.2) is 52.4 Å². The molecule has 3 heterocycles. The fraction of sp³-hybridized carbons (Fsp3) is 0.250. The molecule has 2 aromatic carbocycles. The van der Waals surface area contributed by atoms with Crippen molar-refractivity contribution in [3.63, 3.8) is 0 Å². The largest absolute Gasteiger partial charge is 0.454 e. The zero-order valence-electron chi connectivity index (χ0n) is 19.1. The summed E-state index contributed by atoms with van der Waals surface area (Å²) in [5, 5.41) is 7.64. The molecule has 0 unspecified atom stereocenters. The van der Waals surface area contributed by atoms with E-state index < -0.39 is 0 Å². The van der Waals surface area contributed by atoms with Crippen LogP contribution in [-0.2, 0) is 17.9 Å². The summed E-state index contributed by atoms with van der Waals surface area (Å²) in [5.41, 5.74) is 2.60. The molecule has 4 aromatic rings. The second-order valence-corrected chi connectivity index (χ2v) is 8.86. The molecule has 2 aromatic heterocycles.